The summed E-state index contributed by atoms with van der Waals surface area (Å²) in [7, 11) is 0. The molecule has 0 radical (unpaired) electrons. The third-order valence-electron chi connectivity index (χ3n) is 3.05. The van der Waals surface area contributed by atoms with E-state index in [-0.39, 0.29) is 12.3 Å². The second kappa shape index (κ2) is 9.11. The summed E-state index contributed by atoms with van der Waals surface area (Å²) in [4.78, 5) is 23.2. The molecule has 0 bridgehead atoms. The Balaban J connectivity index is 1.83. The standard InChI is InChI=1S/C17H19N3O5/c1-2-7-24-13-6-5-12(15(21)9-13)10-19-20-17(23)16(22)18-11-14-4-3-8-25-14/h3-6,8-10,21H,2,7,11H2,1H3,(H,18,22)(H,20,23)/b19-10+. The molecule has 0 aliphatic heterocycles. The molecule has 2 aromatic rings. The van der Waals surface area contributed by atoms with Gasteiger partial charge in [0.15, 0.2) is 0 Å². The van der Waals surface area contributed by atoms with Gasteiger partial charge in [0.05, 0.1) is 25.6 Å². The topological polar surface area (TPSA) is 113 Å². The molecule has 2 amide bonds. The van der Waals surface area contributed by atoms with Crippen molar-refractivity contribution in [3.63, 3.8) is 0 Å². The van der Waals surface area contributed by atoms with Crippen LogP contribution in [0.1, 0.15) is 24.7 Å². The number of phenols is 1. The largest absolute Gasteiger partial charge is 0.507 e. The normalized spacial score (nSPS) is 10.6. The molecule has 8 heteroatoms. The van der Waals surface area contributed by atoms with Gasteiger partial charge in [-0.2, -0.15) is 5.10 Å². The Hall–Kier alpha value is -3.29. The maximum absolute atomic E-state index is 11.6. The van der Waals surface area contributed by atoms with E-state index in [1.165, 1.54) is 18.5 Å². The summed E-state index contributed by atoms with van der Waals surface area (Å²) >= 11 is 0. The van der Waals surface area contributed by atoms with Crippen LogP contribution in [0.3, 0.4) is 0 Å². The lowest BCUT2D eigenvalue weighted by Crippen LogP contribution is -2.37. The highest BCUT2D eigenvalue weighted by molar-refractivity contribution is 6.35. The predicted octanol–water partition coefficient (Wildman–Crippen LogP) is 1.54. The Labute approximate surface area is 144 Å². The van der Waals surface area contributed by atoms with E-state index in [9.17, 15) is 14.7 Å². The minimum absolute atomic E-state index is 0.0473. The first-order chi connectivity index (χ1) is 12.1. The predicted molar refractivity (Wildman–Crippen MR) is 90.2 cm³/mol. The number of carbonyl (C=O) groups excluding carboxylic acids is 2. The molecule has 0 atom stereocenters. The molecule has 0 saturated carbocycles. The summed E-state index contributed by atoms with van der Waals surface area (Å²) in [6.07, 6.45) is 3.56. The van der Waals surface area contributed by atoms with Crippen LogP contribution in [-0.2, 0) is 16.1 Å². The zero-order valence-corrected chi connectivity index (χ0v) is 13.7. The Morgan fingerprint density at radius 2 is 2.16 bits per heavy atom. The molecule has 0 saturated heterocycles. The van der Waals surface area contributed by atoms with E-state index >= 15 is 0 Å². The van der Waals surface area contributed by atoms with Gasteiger partial charge in [-0.3, -0.25) is 9.59 Å². The average molecular weight is 345 g/mol. The first-order valence-corrected chi connectivity index (χ1v) is 7.69. The van der Waals surface area contributed by atoms with Gasteiger partial charge < -0.3 is 19.6 Å². The third kappa shape index (κ3) is 5.69. The second-order valence-corrected chi connectivity index (χ2v) is 5.03. The molecule has 0 aliphatic carbocycles. The monoisotopic (exact) mass is 345 g/mol. The van der Waals surface area contributed by atoms with E-state index < -0.39 is 11.8 Å². The van der Waals surface area contributed by atoms with E-state index in [2.05, 4.69) is 15.8 Å². The van der Waals surface area contributed by atoms with Crippen molar-refractivity contribution >= 4 is 18.0 Å². The number of nitrogens with zero attached hydrogens (tertiary/aromatic N) is 1. The molecule has 25 heavy (non-hydrogen) atoms. The SMILES string of the molecule is CCCOc1ccc(/C=N/NC(=O)C(=O)NCc2ccco2)c(O)c1. The number of amides is 2. The van der Waals surface area contributed by atoms with Gasteiger partial charge in [-0.1, -0.05) is 6.92 Å². The van der Waals surface area contributed by atoms with Gasteiger partial charge in [-0.05, 0) is 30.7 Å². The summed E-state index contributed by atoms with van der Waals surface area (Å²) in [5.41, 5.74) is 2.46. The van der Waals surface area contributed by atoms with Gasteiger partial charge in [0.1, 0.15) is 17.3 Å². The molecule has 1 heterocycles. The summed E-state index contributed by atoms with van der Waals surface area (Å²) in [5.74, 6) is -0.752. The lowest BCUT2D eigenvalue weighted by atomic mass is 10.2. The maximum Gasteiger partial charge on any atom is 0.329 e. The summed E-state index contributed by atoms with van der Waals surface area (Å²) in [6.45, 7) is 2.63. The quantitative estimate of drug-likeness (QED) is 0.400. The third-order valence-corrected chi connectivity index (χ3v) is 3.05. The van der Waals surface area contributed by atoms with Crippen molar-refractivity contribution in [2.45, 2.75) is 19.9 Å². The average Bonchev–Trinajstić information content (AvgIpc) is 3.12. The number of ether oxygens (including phenoxy) is 1. The molecule has 0 fully saturated rings. The number of hydrogen-bond acceptors (Lipinski definition) is 6. The van der Waals surface area contributed by atoms with E-state index in [4.69, 9.17) is 9.15 Å². The fourth-order valence-electron chi connectivity index (χ4n) is 1.81. The lowest BCUT2D eigenvalue weighted by molar-refractivity contribution is -0.139. The van der Waals surface area contributed by atoms with Crippen molar-refractivity contribution in [3.8, 4) is 11.5 Å². The Kier molecular flexibility index (Phi) is 6.58. The van der Waals surface area contributed by atoms with Gasteiger partial charge in [0, 0.05) is 11.6 Å². The highest BCUT2D eigenvalue weighted by Crippen LogP contribution is 2.22. The summed E-state index contributed by atoms with van der Waals surface area (Å²) < 4.78 is 10.4. The smallest absolute Gasteiger partial charge is 0.329 e. The highest BCUT2D eigenvalue weighted by atomic mass is 16.5. The molecule has 2 rings (SSSR count). The van der Waals surface area contributed by atoms with Crippen LogP contribution >= 0.6 is 0 Å². The van der Waals surface area contributed by atoms with Crippen LogP contribution in [0.5, 0.6) is 11.5 Å². The van der Waals surface area contributed by atoms with Crippen molar-refractivity contribution in [2.75, 3.05) is 6.61 Å². The molecule has 0 aliphatic rings. The van der Waals surface area contributed by atoms with Crippen LogP contribution in [0.15, 0.2) is 46.1 Å². The van der Waals surface area contributed by atoms with Gasteiger partial charge >= 0.3 is 11.8 Å². The number of nitrogens with one attached hydrogen (secondary N) is 2. The molecule has 3 N–H and O–H groups in total. The Bertz CT molecular complexity index is 741. The number of benzene rings is 1. The molecule has 8 nitrogen and oxygen atoms in total. The molecule has 0 spiro atoms. The van der Waals surface area contributed by atoms with Crippen LogP contribution in [0, 0.1) is 0 Å². The van der Waals surface area contributed by atoms with E-state index in [0.29, 0.717) is 23.7 Å². The first-order valence-electron chi connectivity index (χ1n) is 7.69. The van der Waals surface area contributed by atoms with Gasteiger partial charge in [0.25, 0.3) is 0 Å². The van der Waals surface area contributed by atoms with Crippen molar-refractivity contribution in [2.24, 2.45) is 5.10 Å². The van der Waals surface area contributed by atoms with E-state index in [1.54, 1.807) is 24.3 Å². The van der Waals surface area contributed by atoms with Crippen molar-refractivity contribution in [3.05, 3.63) is 47.9 Å². The molecular weight excluding hydrogens is 326 g/mol. The number of hydrogen-bond donors (Lipinski definition) is 3. The van der Waals surface area contributed by atoms with Crippen LogP contribution in [0.25, 0.3) is 0 Å². The molecule has 0 unspecified atom stereocenters. The van der Waals surface area contributed by atoms with E-state index in [0.717, 1.165) is 6.42 Å². The van der Waals surface area contributed by atoms with Crippen LogP contribution in [-0.4, -0.2) is 29.7 Å². The lowest BCUT2D eigenvalue weighted by Gasteiger charge is -2.06. The molecular formula is C17H19N3O5. The Morgan fingerprint density at radius 3 is 2.84 bits per heavy atom. The zero-order valence-electron chi connectivity index (χ0n) is 13.7. The fourth-order valence-corrected chi connectivity index (χ4v) is 1.81. The van der Waals surface area contributed by atoms with Gasteiger partial charge in [-0.15, -0.1) is 0 Å². The highest BCUT2D eigenvalue weighted by Gasteiger charge is 2.12. The fraction of sp³-hybridized carbons (Fsp3) is 0.235. The Morgan fingerprint density at radius 1 is 1.32 bits per heavy atom. The number of rotatable bonds is 7. The van der Waals surface area contributed by atoms with Crippen LogP contribution in [0.4, 0.5) is 0 Å². The number of aromatic hydroxyl groups is 1. The second-order valence-electron chi connectivity index (χ2n) is 5.03. The van der Waals surface area contributed by atoms with Crippen molar-refractivity contribution in [1.82, 2.24) is 10.7 Å². The molecule has 1 aromatic heterocycles. The number of hydrazone groups is 1. The summed E-state index contributed by atoms with van der Waals surface area (Å²) in [6, 6.07) is 8.07. The van der Waals surface area contributed by atoms with Gasteiger partial charge in [-0.25, -0.2) is 5.43 Å². The van der Waals surface area contributed by atoms with E-state index in [1.807, 2.05) is 6.92 Å². The summed E-state index contributed by atoms with van der Waals surface area (Å²) in [5, 5.41) is 15.9. The van der Waals surface area contributed by atoms with Crippen molar-refractivity contribution in [1.29, 1.82) is 0 Å². The number of phenolic OH excluding ortho intramolecular Hbond substituents is 1. The van der Waals surface area contributed by atoms with Crippen LogP contribution in [0.2, 0.25) is 0 Å². The molecule has 1 aromatic carbocycles. The van der Waals surface area contributed by atoms with Crippen LogP contribution < -0.4 is 15.5 Å². The van der Waals surface area contributed by atoms with Crippen molar-refractivity contribution < 1.29 is 23.8 Å². The number of furan rings is 1. The minimum atomic E-state index is -0.926. The maximum atomic E-state index is 11.6. The molecule has 132 valence electrons. The number of carbonyl (C=O) groups is 2. The first kappa shape index (κ1) is 18.1. The van der Waals surface area contributed by atoms with Gasteiger partial charge in [0.2, 0.25) is 0 Å². The zero-order chi connectivity index (χ0) is 18.1. The minimum Gasteiger partial charge on any atom is -0.507 e.